The van der Waals surface area contributed by atoms with Crippen LogP contribution in [0.5, 0.6) is 5.75 Å². The minimum absolute atomic E-state index is 0. The summed E-state index contributed by atoms with van der Waals surface area (Å²) in [5.41, 5.74) is 1.28. The number of rotatable bonds is 10. The van der Waals surface area contributed by atoms with E-state index in [1.807, 2.05) is 12.1 Å². The molecule has 0 aliphatic carbocycles. The predicted molar refractivity (Wildman–Crippen MR) is 128 cm³/mol. The average Bonchev–Trinajstić information content (AvgIpc) is 2.72. The molecule has 1 saturated heterocycles. The predicted octanol–water partition coefficient (Wildman–Crippen LogP) is 2.03. The van der Waals surface area contributed by atoms with Crippen LogP contribution >= 0.6 is 24.0 Å². The van der Waals surface area contributed by atoms with Gasteiger partial charge in [0.15, 0.2) is 5.96 Å². The van der Waals surface area contributed by atoms with E-state index in [4.69, 9.17) is 9.47 Å². The Balaban J connectivity index is 0.00000392. The van der Waals surface area contributed by atoms with Crippen molar-refractivity contribution in [2.24, 2.45) is 4.99 Å². The van der Waals surface area contributed by atoms with E-state index < -0.39 is 0 Å². The molecule has 0 spiro atoms. The second kappa shape index (κ2) is 14.7. The van der Waals surface area contributed by atoms with Crippen molar-refractivity contribution in [3.05, 3.63) is 24.3 Å². The molecule has 1 aromatic rings. The van der Waals surface area contributed by atoms with Crippen LogP contribution in [0.3, 0.4) is 0 Å². The van der Waals surface area contributed by atoms with Gasteiger partial charge in [0.25, 0.3) is 0 Å². The van der Waals surface area contributed by atoms with Crippen molar-refractivity contribution in [2.75, 3.05) is 78.1 Å². The lowest BCUT2D eigenvalue weighted by atomic mass is 10.2. The van der Waals surface area contributed by atoms with Crippen LogP contribution in [-0.2, 0) is 4.74 Å². The summed E-state index contributed by atoms with van der Waals surface area (Å²) in [6, 6.07) is 8.34. The summed E-state index contributed by atoms with van der Waals surface area (Å²) < 4.78 is 10.3. The number of nitrogens with one attached hydrogen (secondary N) is 2. The minimum atomic E-state index is 0. The average molecular weight is 505 g/mol. The van der Waals surface area contributed by atoms with Gasteiger partial charge >= 0.3 is 0 Å². The van der Waals surface area contributed by atoms with Gasteiger partial charge in [-0.05, 0) is 37.6 Å². The normalized spacial score (nSPS) is 15.1. The first-order valence-electron chi connectivity index (χ1n) is 9.89. The standard InChI is InChI=1S/C20H35N5O2.HI/c1-4-21-20(23-11-17-26-2)22-10-5-12-24-13-15-25(16-14-24)18-6-8-19(27-3)9-7-18;/h6-9H,4-5,10-17H2,1-3H3,(H2,21,22,23);1H. The highest BCUT2D eigenvalue weighted by Gasteiger charge is 2.16. The van der Waals surface area contributed by atoms with Crippen LogP contribution in [0.15, 0.2) is 29.3 Å². The molecule has 0 atom stereocenters. The Morgan fingerprint density at radius 1 is 1.07 bits per heavy atom. The number of guanidine groups is 1. The van der Waals surface area contributed by atoms with Crippen LogP contribution in [0.2, 0.25) is 0 Å². The summed E-state index contributed by atoms with van der Waals surface area (Å²) >= 11 is 0. The van der Waals surface area contributed by atoms with Gasteiger partial charge in [0, 0.05) is 65.2 Å². The molecule has 2 N–H and O–H groups in total. The van der Waals surface area contributed by atoms with Gasteiger partial charge in [-0.25, -0.2) is 0 Å². The Morgan fingerprint density at radius 3 is 2.39 bits per heavy atom. The van der Waals surface area contributed by atoms with Crippen molar-refractivity contribution < 1.29 is 9.47 Å². The molecule has 2 rings (SSSR count). The van der Waals surface area contributed by atoms with Gasteiger partial charge in [0.1, 0.15) is 5.75 Å². The highest BCUT2D eigenvalue weighted by atomic mass is 127. The van der Waals surface area contributed by atoms with Gasteiger partial charge in [-0.3, -0.25) is 9.89 Å². The molecule has 1 aliphatic rings. The quantitative estimate of drug-likeness (QED) is 0.220. The fraction of sp³-hybridized carbons (Fsp3) is 0.650. The lowest BCUT2D eigenvalue weighted by molar-refractivity contribution is 0.203. The monoisotopic (exact) mass is 505 g/mol. The third kappa shape index (κ3) is 8.83. The first-order valence-corrected chi connectivity index (χ1v) is 9.89. The number of aliphatic imine (C=N–C) groups is 1. The molecule has 1 aliphatic heterocycles. The van der Waals surface area contributed by atoms with Gasteiger partial charge in [-0.1, -0.05) is 0 Å². The Labute approximate surface area is 186 Å². The fourth-order valence-electron chi connectivity index (χ4n) is 3.12. The summed E-state index contributed by atoms with van der Waals surface area (Å²) in [6.45, 7) is 10.7. The van der Waals surface area contributed by atoms with E-state index in [0.29, 0.717) is 6.61 Å². The van der Waals surface area contributed by atoms with E-state index in [2.05, 4.69) is 44.5 Å². The van der Waals surface area contributed by atoms with Gasteiger partial charge < -0.3 is 25.0 Å². The second-order valence-electron chi connectivity index (χ2n) is 6.56. The number of anilines is 1. The van der Waals surface area contributed by atoms with Crippen LogP contribution in [0.25, 0.3) is 0 Å². The molecule has 0 radical (unpaired) electrons. The number of benzene rings is 1. The summed E-state index contributed by atoms with van der Waals surface area (Å²) in [6.07, 6.45) is 1.07. The number of nitrogens with zero attached hydrogens (tertiary/aromatic N) is 3. The van der Waals surface area contributed by atoms with Crippen molar-refractivity contribution in [1.29, 1.82) is 0 Å². The Morgan fingerprint density at radius 2 is 1.79 bits per heavy atom. The number of piperazine rings is 1. The highest BCUT2D eigenvalue weighted by Crippen LogP contribution is 2.20. The summed E-state index contributed by atoms with van der Waals surface area (Å²) in [4.78, 5) is 9.61. The Bertz CT molecular complexity index is 548. The van der Waals surface area contributed by atoms with Gasteiger partial charge in [-0.2, -0.15) is 0 Å². The topological polar surface area (TPSA) is 61.4 Å². The van der Waals surface area contributed by atoms with Crippen LogP contribution in [0.1, 0.15) is 13.3 Å². The Hall–Kier alpha value is -1.26. The molecular formula is C20H36IN5O2. The number of methoxy groups -OCH3 is 2. The minimum Gasteiger partial charge on any atom is -0.497 e. The van der Waals surface area contributed by atoms with E-state index in [1.165, 1.54) is 5.69 Å². The molecule has 1 heterocycles. The van der Waals surface area contributed by atoms with Crippen LogP contribution in [0, 0.1) is 0 Å². The maximum absolute atomic E-state index is 5.24. The zero-order valence-corrected chi connectivity index (χ0v) is 19.8. The first kappa shape index (κ1) is 24.8. The van der Waals surface area contributed by atoms with E-state index in [0.717, 1.165) is 70.5 Å². The lowest BCUT2D eigenvalue weighted by Gasteiger charge is -2.36. The number of halogens is 1. The number of hydrogen-bond donors (Lipinski definition) is 2. The fourth-order valence-corrected chi connectivity index (χ4v) is 3.12. The molecule has 0 amide bonds. The van der Waals surface area contributed by atoms with Crippen molar-refractivity contribution in [3.63, 3.8) is 0 Å². The first-order chi connectivity index (χ1) is 13.3. The van der Waals surface area contributed by atoms with E-state index >= 15 is 0 Å². The molecule has 160 valence electrons. The lowest BCUT2D eigenvalue weighted by Crippen LogP contribution is -2.46. The second-order valence-corrected chi connectivity index (χ2v) is 6.56. The van der Waals surface area contributed by atoms with E-state index in [-0.39, 0.29) is 24.0 Å². The summed E-state index contributed by atoms with van der Waals surface area (Å²) in [7, 11) is 3.41. The molecule has 0 saturated carbocycles. The van der Waals surface area contributed by atoms with Crippen LogP contribution in [-0.4, -0.2) is 84.0 Å². The molecule has 0 aromatic heterocycles. The molecule has 28 heavy (non-hydrogen) atoms. The smallest absolute Gasteiger partial charge is 0.191 e. The maximum atomic E-state index is 5.24. The zero-order valence-electron chi connectivity index (χ0n) is 17.4. The van der Waals surface area contributed by atoms with E-state index in [1.54, 1.807) is 14.2 Å². The molecule has 0 unspecified atom stereocenters. The Kier molecular flexibility index (Phi) is 13.0. The van der Waals surface area contributed by atoms with Gasteiger partial charge in [-0.15, -0.1) is 24.0 Å². The van der Waals surface area contributed by atoms with Gasteiger partial charge in [0.2, 0.25) is 0 Å². The van der Waals surface area contributed by atoms with Crippen molar-refractivity contribution >= 4 is 35.6 Å². The third-order valence-electron chi connectivity index (χ3n) is 4.66. The van der Waals surface area contributed by atoms with Crippen molar-refractivity contribution in [2.45, 2.75) is 13.3 Å². The van der Waals surface area contributed by atoms with Gasteiger partial charge in [0.05, 0.1) is 13.7 Å². The molecule has 7 nitrogen and oxygen atoms in total. The summed E-state index contributed by atoms with van der Waals surface area (Å²) in [5.74, 6) is 1.78. The maximum Gasteiger partial charge on any atom is 0.191 e. The SMILES string of the molecule is CCNC(=NCCCN1CCN(c2ccc(OC)cc2)CC1)NCCOC.I. The third-order valence-corrected chi connectivity index (χ3v) is 4.66. The number of hydrogen-bond acceptors (Lipinski definition) is 5. The van der Waals surface area contributed by atoms with Crippen LogP contribution in [0.4, 0.5) is 5.69 Å². The number of ether oxygens (including phenoxy) is 2. The van der Waals surface area contributed by atoms with Crippen molar-refractivity contribution in [3.8, 4) is 5.75 Å². The molecule has 0 bridgehead atoms. The molecule has 8 heteroatoms. The van der Waals surface area contributed by atoms with E-state index in [9.17, 15) is 0 Å². The zero-order chi connectivity index (χ0) is 19.3. The highest BCUT2D eigenvalue weighted by molar-refractivity contribution is 14.0. The van der Waals surface area contributed by atoms with Crippen LogP contribution < -0.4 is 20.3 Å². The van der Waals surface area contributed by atoms with Crippen molar-refractivity contribution in [1.82, 2.24) is 15.5 Å². The molecular weight excluding hydrogens is 469 g/mol. The summed E-state index contributed by atoms with van der Waals surface area (Å²) in [5, 5.41) is 6.54. The molecule has 1 aromatic carbocycles. The molecule has 1 fully saturated rings. The largest absolute Gasteiger partial charge is 0.497 e.